The van der Waals surface area contributed by atoms with E-state index >= 15 is 0 Å². The van der Waals surface area contributed by atoms with Crippen LogP contribution in [0.15, 0.2) is 76.8 Å². The van der Waals surface area contributed by atoms with Gasteiger partial charge in [-0.25, -0.2) is 9.37 Å². The lowest BCUT2D eigenvalue weighted by Crippen LogP contribution is -2.25. The van der Waals surface area contributed by atoms with Gasteiger partial charge in [0.15, 0.2) is 0 Å². The molecule has 2 aromatic heterocycles. The maximum atomic E-state index is 14.3. The van der Waals surface area contributed by atoms with Crippen molar-refractivity contribution in [2.24, 2.45) is 5.10 Å². The molecule has 31 heavy (non-hydrogen) atoms. The van der Waals surface area contributed by atoms with Crippen molar-refractivity contribution < 1.29 is 4.39 Å². The van der Waals surface area contributed by atoms with Gasteiger partial charge >= 0.3 is 0 Å². The van der Waals surface area contributed by atoms with E-state index in [-0.39, 0.29) is 17.3 Å². The molecule has 5 nitrogen and oxygen atoms in total. The second-order valence-electron chi connectivity index (χ2n) is 7.94. The van der Waals surface area contributed by atoms with Crippen molar-refractivity contribution in [1.29, 1.82) is 0 Å². The molecule has 4 aromatic rings. The number of nitrogens with zero attached hydrogens (tertiary/aromatic N) is 4. The number of aromatic nitrogens is 3. The molecule has 0 bridgehead atoms. The summed E-state index contributed by atoms with van der Waals surface area (Å²) in [6, 6.07) is 17.7. The molecule has 0 spiro atoms. The fourth-order valence-corrected chi connectivity index (χ4v) is 4.36. The fraction of sp³-hybridized carbons (Fsp3) is 0.240. The van der Waals surface area contributed by atoms with Crippen LogP contribution in [-0.2, 0) is 0 Å². The Morgan fingerprint density at radius 2 is 1.74 bits per heavy atom. The molecule has 6 heteroatoms. The monoisotopic (exact) mass is 414 g/mol. The van der Waals surface area contributed by atoms with Gasteiger partial charge in [-0.3, -0.25) is 4.79 Å². The van der Waals surface area contributed by atoms with Gasteiger partial charge in [0.25, 0.3) is 5.56 Å². The molecule has 0 atom stereocenters. The number of hydrogen-bond donors (Lipinski definition) is 0. The predicted molar refractivity (Wildman–Crippen MR) is 121 cm³/mol. The van der Waals surface area contributed by atoms with Gasteiger partial charge in [-0.2, -0.15) is 9.78 Å². The molecule has 0 unspecified atom stereocenters. The highest BCUT2D eigenvalue weighted by molar-refractivity contribution is 5.80. The average Bonchev–Trinajstić information content (AvgIpc) is 3.27. The van der Waals surface area contributed by atoms with E-state index in [2.05, 4.69) is 5.10 Å². The zero-order valence-electron chi connectivity index (χ0n) is 17.1. The lowest BCUT2D eigenvalue weighted by molar-refractivity contribution is 0.416. The molecule has 1 saturated carbocycles. The number of halogens is 1. The summed E-state index contributed by atoms with van der Waals surface area (Å²) < 4.78 is 17.5. The molecule has 1 aliphatic rings. The number of hydrogen-bond acceptors (Lipinski definition) is 3. The largest absolute Gasteiger partial charge is 0.313 e. The standard InChI is InChI=1S/C25H23FN4O/c26-21-13-5-7-15-23(21)29-16-8-11-19(29)17-27-30-24(18-9-2-1-3-10-18)28-22-14-6-4-12-20(22)25(30)31/h4-8,11-18H,1-3,9-10H2. The van der Waals surface area contributed by atoms with E-state index in [4.69, 9.17) is 4.98 Å². The minimum atomic E-state index is -0.319. The Balaban J connectivity index is 1.62. The van der Waals surface area contributed by atoms with Crippen LogP contribution in [0.4, 0.5) is 4.39 Å². The lowest BCUT2D eigenvalue weighted by atomic mass is 9.88. The Hall–Kier alpha value is -3.54. The topological polar surface area (TPSA) is 52.2 Å². The summed E-state index contributed by atoms with van der Waals surface area (Å²) in [5.74, 6) is 0.603. The summed E-state index contributed by atoms with van der Waals surface area (Å²) >= 11 is 0. The molecule has 1 fully saturated rings. The first kappa shape index (κ1) is 19.4. The van der Waals surface area contributed by atoms with Gasteiger partial charge in [-0.15, -0.1) is 0 Å². The Labute approximate surface area is 179 Å². The van der Waals surface area contributed by atoms with Crippen LogP contribution < -0.4 is 5.56 Å². The molecular formula is C25H23FN4O. The Morgan fingerprint density at radius 3 is 2.58 bits per heavy atom. The zero-order chi connectivity index (χ0) is 21.2. The summed E-state index contributed by atoms with van der Waals surface area (Å²) in [6.07, 6.45) is 8.88. The van der Waals surface area contributed by atoms with Crippen LogP contribution >= 0.6 is 0 Å². The molecule has 156 valence electrons. The van der Waals surface area contributed by atoms with Crippen molar-refractivity contribution in [3.63, 3.8) is 0 Å². The highest BCUT2D eigenvalue weighted by atomic mass is 19.1. The molecule has 0 N–H and O–H groups in total. The molecule has 0 saturated heterocycles. The van der Waals surface area contributed by atoms with Crippen molar-refractivity contribution in [2.75, 3.05) is 0 Å². The van der Waals surface area contributed by atoms with Crippen molar-refractivity contribution in [1.82, 2.24) is 14.2 Å². The van der Waals surface area contributed by atoms with E-state index in [0.717, 1.165) is 25.7 Å². The van der Waals surface area contributed by atoms with Crippen LogP contribution in [0.2, 0.25) is 0 Å². The highest BCUT2D eigenvalue weighted by Crippen LogP contribution is 2.31. The van der Waals surface area contributed by atoms with Crippen molar-refractivity contribution in [3.8, 4) is 5.69 Å². The number of benzene rings is 2. The molecule has 5 rings (SSSR count). The summed E-state index contributed by atoms with van der Waals surface area (Å²) in [7, 11) is 0. The van der Waals surface area contributed by atoms with Gasteiger partial charge in [0.2, 0.25) is 0 Å². The first-order chi connectivity index (χ1) is 15.2. The van der Waals surface area contributed by atoms with E-state index in [1.54, 1.807) is 41.2 Å². The van der Waals surface area contributed by atoms with Gasteiger partial charge in [-0.1, -0.05) is 43.5 Å². The molecule has 0 aliphatic heterocycles. The second kappa shape index (κ2) is 8.30. The minimum Gasteiger partial charge on any atom is -0.313 e. The van der Waals surface area contributed by atoms with Crippen LogP contribution in [0.3, 0.4) is 0 Å². The van der Waals surface area contributed by atoms with Crippen LogP contribution in [-0.4, -0.2) is 20.4 Å². The first-order valence-corrected chi connectivity index (χ1v) is 10.7. The molecule has 2 heterocycles. The first-order valence-electron chi connectivity index (χ1n) is 10.7. The van der Waals surface area contributed by atoms with E-state index in [1.165, 1.54) is 17.2 Å². The third-order valence-corrected chi connectivity index (χ3v) is 5.95. The molecule has 0 amide bonds. The third kappa shape index (κ3) is 3.69. The molecule has 0 radical (unpaired) electrons. The smallest absolute Gasteiger partial charge is 0.282 e. The molecule has 1 aliphatic carbocycles. The average molecular weight is 414 g/mol. The van der Waals surface area contributed by atoms with Gasteiger partial charge < -0.3 is 4.57 Å². The maximum Gasteiger partial charge on any atom is 0.282 e. The van der Waals surface area contributed by atoms with Gasteiger partial charge in [0, 0.05) is 12.1 Å². The number of rotatable bonds is 4. The highest BCUT2D eigenvalue weighted by Gasteiger charge is 2.22. The SMILES string of the molecule is O=c1c2ccccc2nc(C2CCCCC2)n1N=Cc1cccn1-c1ccccc1F. The summed E-state index contributed by atoms with van der Waals surface area (Å²) in [6.45, 7) is 0. The van der Waals surface area contributed by atoms with Crippen molar-refractivity contribution >= 4 is 17.1 Å². The van der Waals surface area contributed by atoms with Gasteiger partial charge in [-0.05, 0) is 49.2 Å². The van der Waals surface area contributed by atoms with Crippen molar-refractivity contribution in [3.05, 3.63) is 94.5 Å². The minimum absolute atomic E-state index is 0.175. The predicted octanol–water partition coefficient (Wildman–Crippen LogP) is 5.26. The van der Waals surface area contributed by atoms with Crippen LogP contribution in [0.25, 0.3) is 16.6 Å². The second-order valence-corrected chi connectivity index (χ2v) is 7.94. The van der Waals surface area contributed by atoms with Crippen LogP contribution in [0, 0.1) is 5.82 Å². The fourth-order valence-electron chi connectivity index (χ4n) is 4.36. The lowest BCUT2D eigenvalue weighted by Gasteiger charge is -2.22. The summed E-state index contributed by atoms with van der Waals surface area (Å²) in [5.41, 5.74) is 1.64. The van der Waals surface area contributed by atoms with Gasteiger partial charge in [0.05, 0.1) is 28.5 Å². The summed E-state index contributed by atoms with van der Waals surface area (Å²) in [5, 5.41) is 5.11. The number of fused-ring (bicyclic) bond motifs is 1. The maximum absolute atomic E-state index is 14.3. The normalized spacial score (nSPS) is 15.1. The van der Waals surface area contributed by atoms with E-state index in [1.807, 2.05) is 30.3 Å². The Kier molecular flexibility index (Phi) is 5.20. The Bertz CT molecular complexity index is 1310. The van der Waals surface area contributed by atoms with E-state index < -0.39 is 0 Å². The third-order valence-electron chi connectivity index (χ3n) is 5.95. The van der Waals surface area contributed by atoms with E-state index in [9.17, 15) is 9.18 Å². The van der Waals surface area contributed by atoms with Crippen molar-refractivity contribution in [2.45, 2.75) is 38.0 Å². The molecule has 2 aromatic carbocycles. The number of para-hydroxylation sites is 2. The summed E-state index contributed by atoms with van der Waals surface area (Å²) in [4.78, 5) is 18.1. The molecular weight excluding hydrogens is 391 g/mol. The van der Waals surface area contributed by atoms with E-state index in [0.29, 0.717) is 28.1 Å². The van der Waals surface area contributed by atoms with Gasteiger partial charge in [0.1, 0.15) is 11.6 Å². The van der Waals surface area contributed by atoms with Crippen LogP contribution in [0.5, 0.6) is 0 Å². The Morgan fingerprint density at radius 1 is 0.968 bits per heavy atom. The quantitative estimate of drug-likeness (QED) is 0.428. The van der Waals surface area contributed by atoms with Crippen LogP contribution in [0.1, 0.15) is 49.5 Å². The zero-order valence-corrected chi connectivity index (χ0v) is 17.1.